The third kappa shape index (κ3) is 6.41. The summed E-state index contributed by atoms with van der Waals surface area (Å²) in [6, 6.07) is 76.2. The predicted octanol–water partition coefficient (Wildman–Crippen LogP) is 16.6. The quantitative estimate of drug-likeness (QED) is 0.156. The number of nitrogens with zero attached hydrogens (tertiary/aromatic N) is 4. The van der Waals surface area contributed by atoms with Crippen LogP contribution in [0, 0.1) is 50.4 Å². The maximum atomic E-state index is 10.1. The first kappa shape index (κ1) is 44.4. The highest BCUT2D eigenvalue weighted by molar-refractivity contribution is 7.26. The predicted molar refractivity (Wildman–Crippen MR) is 309 cm³/mol. The Bertz CT molecular complexity index is 4160. The third-order valence-corrected chi connectivity index (χ3v) is 20.9. The van der Waals surface area contributed by atoms with E-state index in [9.17, 15) is 10.5 Å². The standard InChI is InChI=1S/C67H50N4SSi/c1-41-23-29-49(35-43(41)3)70(47-31-25-45(39-68)26-32-47)59-38-60-63(52-16-8-7-15-51(52)59)54-37-58-64(65(66(54)72-60)71(48-33-27-46(40-69)28-34-48)50-30-24-42(2)44(4)36-50)53-17-9-10-18-55(53)67(58)56-19-11-13-21-61(56)73(5,6)62-22-14-12-20-57(62)67/h7-38H,1-6H3. The van der Waals surface area contributed by atoms with Crippen LogP contribution in [0.2, 0.25) is 13.1 Å². The number of rotatable bonds is 6. The van der Waals surface area contributed by atoms with Crippen LogP contribution in [0.4, 0.5) is 34.1 Å². The first-order valence-electron chi connectivity index (χ1n) is 25.0. The molecule has 73 heavy (non-hydrogen) atoms. The number of benzene rings is 10. The van der Waals surface area contributed by atoms with Crippen molar-refractivity contribution in [3.8, 4) is 23.3 Å². The lowest BCUT2D eigenvalue weighted by molar-refractivity contribution is 0.774. The lowest BCUT2D eigenvalue weighted by atomic mass is 9.67. The van der Waals surface area contributed by atoms with Gasteiger partial charge in [0, 0.05) is 49.2 Å². The van der Waals surface area contributed by atoms with Crippen LogP contribution in [0.15, 0.2) is 194 Å². The maximum Gasteiger partial charge on any atom is 0.113 e. The van der Waals surface area contributed by atoms with E-state index >= 15 is 0 Å². The Morgan fingerprint density at radius 3 is 1.52 bits per heavy atom. The molecule has 0 atom stereocenters. The molecule has 0 N–H and O–H groups in total. The zero-order chi connectivity index (χ0) is 49.9. The first-order valence-corrected chi connectivity index (χ1v) is 28.8. The first-order chi connectivity index (χ1) is 35.5. The zero-order valence-electron chi connectivity index (χ0n) is 41.7. The van der Waals surface area contributed by atoms with E-state index in [1.807, 2.05) is 35.6 Å². The summed E-state index contributed by atoms with van der Waals surface area (Å²) in [6.07, 6.45) is 0. The van der Waals surface area contributed by atoms with Crippen molar-refractivity contribution in [1.29, 1.82) is 10.5 Å². The molecule has 4 nitrogen and oxygen atoms in total. The highest BCUT2D eigenvalue weighted by Gasteiger charge is 2.55. The minimum absolute atomic E-state index is 0.621. The SMILES string of the molecule is Cc1ccc(N(c2ccc(C#N)cc2)c2cc3sc4c(N(c5ccc(C#N)cc5)c5ccc(C)c(C)c5)c5c(cc4c3c3ccccc23)C2(c3ccccc3-5)c3ccccc3[Si](C)(C)c3ccccc32)cc1C. The second kappa shape index (κ2) is 16.5. The van der Waals surface area contributed by atoms with E-state index in [0.29, 0.717) is 11.1 Å². The highest BCUT2D eigenvalue weighted by atomic mass is 32.1. The monoisotopic (exact) mass is 970 g/mol. The highest BCUT2D eigenvalue weighted by Crippen LogP contribution is 2.63. The molecule has 1 aliphatic heterocycles. The Morgan fingerprint density at radius 2 is 0.945 bits per heavy atom. The van der Waals surface area contributed by atoms with Crippen molar-refractivity contribution in [3.63, 3.8) is 0 Å². The molecular weight excluding hydrogens is 921 g/mol. The summed E-state index contributed by atoms with van der Waals surface area (Å²) in [7, 11) is -2.19. The molecule has 2 aliphatic rings. The fourth-order valence-corrected chi connectivity index (χ4v) is 16.9. The van der Waals surface area contributed by atoms with Crippen molar-refractivity contribution in [2.24, 2.45) is 0 Å². The molecule has 11 aromatic rings. The van der Waals surface area contributed by atoms with Gasteiger partial charge in [0.1, 0.15) is 8.07 Å². The Labute approximate surface area is 431 Å². The number of nitriles is 2. The smallest absolute Gasteiger partial charge is 0.113 e. The van der Waals surface area contributed by atoms with E-state index in [-0.39, 0.29) is 0 Å². The van der Waals surface area contributed by atoms with Crippen LogP contribution >= 0.6 is 11.3 Å². The van der Waals surface area contributed by atoms with Crippen molar-refractivity contribution < 1.29 is 0 Å². The number of aryl methyl sites for hydroxylation is 4. The normalized spacial score (nSPS) is 13.5. The van der Waals surface area contributed by atoms with Gasteiger partial charge >= 0.3 is 0 Å². The molecule has 0 bridgehead atoms. The molecule has 1 aliphatic carbocycles. The van der Waals surface area contributed by atoms with Gasteiger partial charge in [-0.2, -0.15) is 10.5 Å². The minimum atomic E-state index is -2.19. The molecule has 1 aromatic heterocycles. The van der Waals surface area contributed by atoms with Crippen molar-refractivity contribution in [1.82, 2.24) is 0 Å². The van der Waals surface area contributed by atoms with Crippen molar-refractivity contribution in [2.75, 3.05) is 9.80 Å². The number of thiophene rings is 1. The Morgan fingerprint density at radius 1 is 0.452 bits per heavy atom. The minimum Gasteiger partial charge on any atom is -0.310 e. The van der Waals surface area contributed by atoms with Crippen molar-refractivity contribution in [3.05, 3.63) is 250 Å². The molecular formula is C67H50N4SSi. The third-order valence-electron chi connectivity index (χ3n) is 16.2. The van der Waals surface area contributed by atoms with Gasteiger partial charge in [-0.05, 0) is 178 Å². The van der Waals surface area contributed by atoms with Crippen molar-refractivity contribution in [2.45, 2.75) is 46.2 Å². The fraction of sp³-hybridized carbons (Fsp3) is 0.104. The van der Waals surface area contributed by atoms with E-state index in [1.54, 1.807) is 0 Å². The summed E-state index contributed by atoms with van der Waals surface area (Å²) in [5.41, 5.74) is 19.6. The van der Waals surface area contributed by atoms with E-state index < -0.39 is 13.5 Å². The number of hydrogen-bond donors (Lipinski definition) is 0. The van der Waals surface area contributed by atoms with E-state index in [4.69, 9.17) is 0 Å². The summed E-state index contributed by atoms with van der Waals surface area (Å²) in [5, 5.41) is 27.7. The van der Waals surface area contributed by atoms with Gasteiger partial charge in [-0.25, -0.2) is 0 Å². The Kier molecular flexibility index (Phi) is 10.1. The summed E-state index contributed by atoms with van der Waals surface area (Å²) >= 11 is 1.86. The van der Waals surface area contributed by atoms with Crippen molar-refractivity contribution >= 4 is 94.9 Å². The van der Waals surface area contributed by atoms with Gasteiger partial charge in [0.2, 0.25) is 0 Å². The number of fused-ring (bicyclic) bond motifs is 14. The molecule has 0 unspecified atom stereocenters. The number of anilines is 6. The van der Waals surface area contributed by atoms with Crippen LogP contribution in [0.5, 0.6) is 0 Å². The lowest BCUT2D eigenvalue weighted by Crippen LogP contribution is -2.63. The van der Waals surface area contributed by atoms with Gasteiger partial charge in [0.05, 0.1) is 44.8 Å². The summed E-state index contributed by atoms with van der Waals surface area (Å²) in [5.74, 6) is 0. The average Bonchev–Trinajstić information content (AvgIpc) is 3.95. The van der Waals surface area contributed by atoms with E-state index in [0.717, 1.165) is 39.5 Å². The largest absolute Gasteiger partial charge is 0.310 e. The molecule has 1 spiro atoms. The van der Waals surface area contributed by atoms with E-state index in [1.165, 1.54) is 91.6 Å². The van der Waals surface area contributed by atoms with Gasteiger partial charge in [-0.15, -0.1) is 11.3 Å². The molecule has 2 heterocycles. The van der Waals surface area contributed by atoms with Gasteiger partial charge in [0.25, 0.3) is 0 Å². The van der Waals surface area contributed by atoms with Gasteiger partial charge in [-0.1, -0.05) is 122 Å². The Hall–Kier alpha value is -8.52. The molecule has 0 amide bonds. The van der Waals surface area contributed by atoms with Crippen LogP contribution in [0.3, 0.4) is 0 Å². The lowest BCUT2D eigenvalue weighted by Gasteiger charge is -2.46. The molecule has 0 radical (unpaired) electrons. The van der Waals surface area contributed by atoms with Gasteiger partial charge < -0.3 is 9.80 Å². The summed E-state index contributed by atoms with van der Waals surface area (Å²) < 4.78 is 2.37. The molecule has 0 fully saturated rings. The van der Waals surface area contributed by atoms with Gasteiger partial charge in [0.15, 0.2) is 0 Å². The number of hydrogen-bond acceptors (Lipinski definition) is 5. The van der Waals surface area contributed by atoms with Gasteiger partial charge in [-0.3, -0.25) is 0 Å². The second-order valence-corrected chi connectivity index (χ2v) is 25.9. The van der Waals surface area contributed by atoms with Crippen LogP contribution in [-0.2, 0) is 5.41 Å². The van der Waals surface area contributed by atoms with E-state index in [2.05, 4.69) is 233 Å². The maximum absolute atomic E-state index is 10.1. The molecule has 6 heteroatoms. The molecule has 0 saturated carbocycles. The molecule has 348 valence electrons. The average molecular weight is 971 g/mol. The van der Waals surface area contributed by atoms with Crippen LogP contribution < -0.4 is 20.2 Å². The summed E-state index contributed by atoms with van der Waals surface area (Å²) in [4.78, 5) is 4.85. The topological polar surface area (TPSA) is 54.1 Å². The van der Waals surface area contributed by atoms with Crippen LogP contribution in [0.25, 0.3) is 42.1 Å². The zero-order valence-corrected chi connectivity index (χ0v) is 43.5. The fourth-order valence-electron chi connectivity index (χ4n) is 12.4. The van der Waals surface area contributed by atoms with Crippen LogP contribution in [-0.4, -0.2) is 8.07 Å². The molecule has 13 rings (SSSR count). The Balaban J connectivity index is 1.23. The van der Waals surface area contributed by atoms with Crippen LogP contribution in [0.1, 0.15) is 55.6 Å². The molecule has 0 saturated heterocycles. The molecule has 10 aromatic carbocycles. The summed E-state index contributed by atoms with van der Waals surface area (Å²) in [6.45, 7) is 13.8. The second-order valence-electron chi connectivity index (χ2n) is 20.5.